The summed E-state index contributed by atoms with van der Waals surface area (Å²) in [6.07, 6.45) is -0.0740. The largest absolute Gasteiger partial charge is 0.756 e. The van der Waals surface area contributed by atoms with Gasteiger partial charge in [-0.1, -0.05) is 13.8 Å². The van der Waals surface area contributed by atoms with Crippen LogP contribution in [-0.4, -0.2) is 31.2 Å². The van der Waals surface area contributed by atoms with Crippen LogP contribution in [0, 0.1) is 5.92 Å². The van der Waals surface area contributed by atoms with E-state index in [-0.39, 0.29) is 51.3 Å². The van der Waals surface area contributed by atoms with Crippen LogP contribution in [0.25, 0.3) is 0 Å². The van der Waals surface area contributed by atoms with Gasteiger partial charge in [-0.3, -0.25) is 4.57 Å². The van der Waals surface area contributed by atoms with Crippen LogP contribution in [0.3, 0.4) is 0 Å². The third kappa shape index (κ3) is 6.33. The van der Waals surface area contributed by atoms with Crippen LogP contribution in [0.5, 0.6) is 0 Å². The second kappa shape index (κ2) is 8.20. The van der Waals surface area contributed by atoms with E-state index in [1.807, 2.05) is 13.8 Å². The van der Waals surface area contributed by atoms with Gasteiger partial charge in [-0.05, 0) is 25.4 Å². The Bertz CT molecular complexity index is 311. The molecule has 0 aromatic rings. The maximum Gasteiger partial charge on any atom is 0.268 e. The maximum absolute atomic E-state index is 11.5. The molecule has 1 heterocycles. The monoisotopic (exact) mass is 353 g/mol. The first-order chi connectivity index (χ1) is 7.84. The Morgan fingerprint density at radius 1 is 1.56 bits per heavy atom. The van der Waals surface area contributed by atoms with Gasteiger partial charge in [-0.25, -0.2) is 6.29 Å². The molecule has 18 heavy (non-hydrogen) atoms. The summed E-state index contributed by atoms with van der Waals surface area (Å²) in [7, 11) is -4.38. The fraction of sp³-hybridized carbons (Fsp3) is 0.900. The Morgan fingerprint density at radius 3 is 2.67 bits per heavy atom. The molecule has 0 N–H and O–H groups in total. The number of hydrogen-bond donors (Lipinski definition) is 0. The molecule has 103 valence electrons. The summed E-state index contributed by atoms with van der Waals surface area (Å²) in [5.74, 6) is 0.0769. The van der Waals surface area contributed by atoms with Crippen molar-refractivity contribution in [3.63, 3.8) is 0 Å². The van der Waals surface area contributed by atoms with Crippen molar-refractivity contribution in [2.45, 2.75) is 45.5 Å². The number of carbonyl (C=O) groups excluding carboxylic acids is 1. The summed E-state index contributed by atoms with van der Waals surface area (Å²) in [4.78, 5) is 22.0. The Kier molecular flexibility index (Phi) is 8.59. The second-order valence-electron chi connectivity index (χ2n) is 4.50. The SMILES string of the molecule is CC(C)COP(=O)([O-])OC1C[C@H](C)O[C@@H]1[C-]=O.[Y]. The molecule has 0 aromatic carbocycles. The van der Waals surface area contributed by atoms with E-state index in [1.165, 1.54) is 0 Å². The van der Waals surface area contributed by atoms with Crippen LogP contribution < -0.4 is 4.89 Å². The Morgan fingerprint density at radius 2 is 2.17 bits per heavy atom. The molecule has 6 nitrogen and oxygen atoms in total. The van der Waals surface area contributed by atoms with Gasteiger partial charge < -0.3 is 23.5 Å². The zero-order valence-electron chi connectivity index (χ0n) is 10.7. The van der Waals surface area contributed by atoms with Gasteiger partial charge in [0.25, 0.3) is 7.82 Å². The molecule has 1 aliphatic heterocycles. The van der Waals surface area contributed by atoms with E-state index in [4.69, 9.17) is 9.26 Å². The van der Waals surface area contributed by atoms with Crippen molar-refractivity contribution < 1.29 is 60.7 Å². The second-order valence-corrected chi connectivity index (χ2v) is 5.86. The molecule has 2 unspecified atom stereocenters. The van der Waals surface area contributed by atoms with Crippen LogP contribution in [0.15, 0.2) is 0 Å². The number of rotatable bonds is 6. The minimum absolute atomic E-state index is 0. The van der Waals surface area contributed by atoms with E-state index in [0.29, 0.717) is 6.42 Å². The molecule has 1 rings (SSSR count). The van der Waals surface area contributed by atoms with Crippen molar-refractivity contribution >= 4 is 14.1 Å². The summed E-state index contributed by atoms with van der Waals surface area (Å²) in [5.41, 5.74) is 0. The maximum atomic E-state index is 11.5. The first kappa shape index (κ1) is 18.8. The number of phosphoric ester groups is 1. The van der Waals surface area contributed by atoms with E-state index in [9.17, 15) is 14.3 Å². The quantitative estimate of drug-likeness (QED) is 0.519. The van der Waals surface area contributed by atoms with E-state index in [0.717, 1.165) is 0 Å². The van der Waals surface area contributed by atoms with Crippen LogP contribution in [0.2, 0.25) is 0 Å². The van der Waals surface area contributed by atoms with Gasteiger partial charge in [0.05, 0.1) is 18.8 Å². The number of ether oxygens (including phenoxy) is 1. The average molecular weight is 353 g/mol. The average Bonchev–Trinajstić information content (AvgIpc) is 2.55. The van der Waals surface area contributed by atoms with Crippen LogP contribution in [0.1, 0.15) is 27.2 Å². The smallest absolute Gasteiger partial charge is 0.268 e. The Balaban J connectivity index is 0.00000289. The van der Waals surface area contributed by atoms with Crippen molar-refractivity contribution in [2.24, 2.45) is 5.92 Å². The molecular weight excluding hydrogens is 336 g/mol. The minimum atomic E-state index is -4.38. The zero-order chi connectivity index (χ0) is 13.1. The summed E-state index contributed by atoms with van der Waals surface area (Å²) in [6.45, 7) is 5.43. The standard InChI is InChI=1S/C10H18O6P.Y/c1-7(2)6-14-17(12,13)16-9-4-8(3)15-10(9)5-11;/h7-10H,4,6H2,1-3H3,(H,12,13);/q-1;/p-1/t8-,9?,10+;/m0./s1. The van der Waals surface area contributed by atoms with E-state index in [2.05, 4.69) is 4.52 Å². The molecule has 1 saturated heterocycles. The van der Waals surface area contributed by atoms with Crippen molar-refractivity contribution in [1.29, 1.82) is 0 Å². The van der Waals surface area contributed by atoms with Gasteiger partial charge in [0, 0.05) is 32.7 Å². The molecule has 0 saturated carbocycles. The molecule has 4 atom stereocenters. The molecule has 1 aliphatic rings. The molecule has 1 radical (unpaired) electrons. The van der Waals surface area contributed by atoms with Gasteiger partial charge in [0.2, 0.25) is 0 Å². The van der Waals surface area contributed by atoms with E-state index in [1.54, 1.807) is 13.2 Å². The normalized spacial score (nSPS) is 30.8. The molecule has 0 aromatic heterocycles. The first-order valence-corrected chi connectivity index (χ1v) is 6.97. The predicted molar refractivity (Wildman–Crippen MR) is 57.9 cm³/mol. The van der Waals surface area contributed by atoms with Gasteiger partial charge in [-0.15, -0.1) is 0 Å². The number of phosphoric acid groups is 1. The van der Waals surface area contributed by atoms with Crippen molar-refractivity contribution in [1.82, 2.24) is 0 Å². The van der Waals surface area contributed by atoms with Gasteiger partial charge >= 0.3 is 0 Å². The fourth-order valence-electron chi connectivity index (χ4n) is 1.48. The van der Waals surface area contributed by atoms with Gasteiger partial charge in [-0.2, -0.15) is 0 Å². The molecular formula is C10H17O6PY-2. The topological polar surface area (TPSA) is 84.9 Å². The Hall–Kier alpha value is 0.844. The van der Waals surface area contributed by atoms with E-state index >= 15 is 0 Å². The van der Waals surface area contributed by atoms with Crippen LogP contribution >= 0.6 is 7.82 Å². The van der Waals surface area contributed by atoms with Crippen molar-refractivity contribution in [3.8, 4) is 0 Å². The predicted octanol–water partition coefficient (Wildman–Crippen LogP) is 0.797. The summed E-state index contributed by atoms with van der Waals surface area (Å²) in [5, 5.41) is 0. The van der Waals surface area contributed by atoms with Crippen molar-refractivity contribution in [3.05, 3.63) is 0 Å². The number of hydrogen-bond acceptors (Lipinski definition) is 6. The molecule has 0 spiro atoms. The van der Waals surface area contributed by atoms with Gasteiger partial charge in [0.15, 0.2) is 0 Å². The summed E-state index contributed by atoms with van der Waals surface area (Å²) < 4.78 is 26.1. The van der Waals surface area contributed by atoms with Crippen LogP contribution in [-0.2, 0) is 55.9 Å². The first-order valence-electron chi connectivity index (χ1n) is 5.51. The molecule has 8 heteroatoms. The molecule has 0 bridgehead atoms. The molecule has 0 aliphatic carbocycles. The van der Waals surface area contributed by atoms with Gasteiger partial charge in [0.1, 0.15) is 0 Å². The van der Waals surface area contributed by atoms with Crippen molar-refractivity contribution in [2.75, 3.05) is 6.61 Å². The summed E-state index contributed by atoms with van der Waals surface area (Å²) >= 11 is 0. The third-order valence-corrected chi connectivity index (χ3v) is 3.22. The molecule has 0 amide bonds. The molecule has 1 fully saturated rings. The third-order valence-electron chi connectivity index (χ3n) is 2.23. The fourth-order valence-corrected chi connectivity index (χ4v) is 2.55. The zero-order valence-corrected chi connectivity index (χ0v) is 14.4. The van der Waals surface area contributed by atoms with Crippen LogP contribution in [0.4, 0.5) is 0 Å². The minimum Gasteiger partial charge on any atom is -0.756 e. The Labute approximate surface area is 132 Å². The summed E-state index contributed by atoms with van der Waals surface area (Å²) in [6, 6.07) is 0. The van der Waals surface area contributed by atoms with E-state index < -0.39 is 20.0 Å².